The van der Waals surface area contributed by atoms with Crippen molar-refractivity contribution in [2.24, 2.45) is 0 Å². The first-order valence-corrected chi connectivity index (χ1v) is 5.82. The van der Waals surface area contributed by atoms with Crippen LogP contribution in [0.15, 0.2) is 18.2 Å². The molecular formula is C12H12F2N2O4. The van der Waals surface area contributed by atoms with Crippen molar-refractivity contribution in [1.82, 2.24) is 4.90 Å². The SMILES string of the molecule is O=C(O)[C@@H]1CC(O)CN1C(=O)Nc1c(F)cccc1F. The van der Waals surface area contributed by atoms with Gasteiger partial charge in [0.25, 0.3) is 0 Å². The Kier molecular flexibility index (Phi) is 3.84. The molecule has 8 heteroatoms. The minimum atomic E-state index is -1.29. The largest absolute Gasteiger partial charge is 0.480 e. The zero-order valence-corrected chi connectivity index (χ0v) is 10.2. The van der Waals surface area contributed by atoms with Crippen LogP contribution in [0.25, 0.3) is 0 Å². The van der Waals surface area contributed by atoms with Gasteiger partial charge in [-0.25, -0.2) is 18.4 Å². The standard InChI is InChI=1S/C12H12F2N2O4/c13-7-2-1-3-8(14)10(7)15-12(20)16-5-6(17)4-9(16)11(18)19/h1-3,6,9,17H,4-5H2,(H,15,20)(H,18,19)/t6?,9-/m0/s1. The summed E-state index contributed by atoms with van der Waals surface area (Å²) < 4.78 is 26.8. The van der Waals surface area contributed by atoms with Crippen LogP contribution in [0, 0.1) is 11.6 Å². The molecule has 1 aromatic carbocycles. The maximum absolute atomic E-state index is 13.4. The number of rotatable bonds is 2. The normalized spacial score (nSPS) is 21.9. The minimum Gasteiger partial charge on any atom is -0.480 e. The number of nitrogens with one attached hydrogen (secondary N) is 1. The average Bonchev–Trinajstić information content (AvgIpc) is 2.76. The average molecular weight is 286 g/mol. The number of benzene rings is 1. The predicted molar refractivity (Wildman–Crippen MR) is 64.1 cm³/mol. The molecule has 0 bridgehead atoms. The number of aliphatic hydroxyl groups excluding tert-OH is 1. The molecule has 0 saturated carbocycles. The highest BCUT2D eigenvalue weighted by Crippen LogP contribution is 2.22. The second-order valence-corrected chi connectivity index (χ2v) is 4.42. The molecule has 1 heterocycles. The number of urea groups is 1. The number of halogens is 2. The predicted octanol–water partition coefficient (Wildman–Crippen LogP) is 1.02. The Morgan fingerprint density at radius 3 is 2.45 bits per heavy atom. The highest BCUT2D eigenvalue weighted by Gasteiger charge is 2.39. The van der Waals surface area contributed by atoms with E-state index in [0.717, 1.165) is 23.1 Å². The molecule has 0 radical (unpaired) electrons. The number of carboxylic acids is 1. The van der Waals surface area contributed by atoms with E-state index in [9.17, 15) is 23.5 Å². The minimum absolute atomic E-state index is 0.123. The van der Waals surface area contributed by atoms with E-state index in [1.54, 1.807) is 0 Å². The smallest absolute Gasteiger partial charge is 0.326 e. The van der Waals surface area contributed by atoms with Gasteiger partial charge in [0, 0.05) is 13.0 Å². The van der Waals surface area contributed by atoms with Gasteiger partial charge < -0.3 is 20.4 Å². The second kappa shape index (κ2) is 5.41. The molecular weight excluding hydrogens is 274 g/mol. The van der Waals surface area contributed by atoms with Gasteiger partial charge >= 0.3 is 12.0 Å². The van der Waals surface area contributed by atoms with Crippen LogP contribution in [0.5, 0.6) is 0 Å². The van der Waals surface area contributed by atoms with Gasteiger partial charge in [0.1, 0.15) is 23.4 Å². The number of hydrogen-bond acceptors (Lipinski definition) is 3. The molecule has 2 amide bonds. The molecule has 20 heavy (non-hydrogen) atoms. The van der Waals surface area contributed by atoms with Crippen LogP contribution in [-0.4, -0.2) is 45.8 Å². The Balaban J connectivity index is 2.18. The molecule has 1 saturated heterocycles. The molecule has 1 fully saturated rings. The highest BCUT2D eigenvalue weighted by molar-refractivity contribution is 5.93. The third-order valence-electron chi connectivity index (χ3n) is 3.02. The number of carbonyl (C=O) groups is 2. The van der Waals surface area contributed by atoms with Crippen molar-refractivity contribution in [2.45, 2.75) is 18.6 Å². The summed E-state index contributed by atoms with van der Waals surface area (Å²) in [6, 6.07) is 0.871. The maximum Gasteiger partial charge on any atom is 0.326 e. The molecule has 0 spiro atoms. The Morgan fingerprint density at radius 2 is 1.90 bits per heavy atom. The van der Waals surface area contributed by atoms with E-state index in [4.69, 9.17) is 5.11 Å². The van der Waals surface area contributed by atoms with Crippen molar-refractivity contribution in [3.8, 4) is 0 Å². The number of carbonyl (C=O) groups excluding carboxylic acids is 1. The Labute approximate surface area is 112 Å². The van der Waals surface area contributed by atoms with E-state index in [1.807, 2.05) is 5.32 Å². The van der Waals surface area contributed by atoms with Gasteiger partial charge in [-0.1, -0.05) is 6.07 Å². The summed E-state index contributed by atoms with van der Waals surface area (Å²) in [5.41, 5.74) is -0.650. The molecule has 1 aliphatic rings. The summed E-state index contributed by atoms with van der Waals surface area (Å²) in [5, 5.41) is 20.3. The quantitative estimate of drug-likeness (QED) is 0.757. The molecule has 0 aromatic heterocycles. The zero-order chi connectivity index (χ0) is 14.9. The number of likely N-dealkylation sites (tertiary alicyclic amines) is 1. The third-order valence-corrected chi connectivity index (χ3v) is 3.02. The molecule has 1 unspecified atom stereocenters. The summed E-state index contributed by atoms with van der Waals surface area (Å²) in [6.07, 6.45) is -1.10. The van der Waals surface area contributed by atoms with E-state index >= 15 is 0 Å². The highest BCUT2D eigenvalue weighted by atomic mass is 19.1. The Bertz CT molecular complexity index is 532. The molecule has 2 rings (SSSR count). The van der Waals surface area contributed by atoms with Crippen molar-refractivity contribution in [3.05, 3.63) is 29.8 Å². The number of hydrogen-bond donors (Lipinski definition) is 3. The van der Waals surface area contributed by atoms with E-state index in [2.05, 4.69) is 0 Å². The van der Waals surface area contributed by atoms with Gasteiger partial charge in [-0.3, -0.25) is 0 Å². The third kappa shape index (κ3) is 2.69. The van der Waals surface area contributed by atoms with Gasteiger partial charge in [-0.2, -0.15) is 0 Å². The molecule has 6 nitrogen and oxygen atoms in total. The molecule has 1 aromatic rings. The second-order valence-electron chi connectivity index (χ2n) is 4.42. The lowest BCUT2D eigenvalue weighted by Crippen LogP contribution is -2.43. The van der Waals surface area contributed by atoms with E-state index in [1.165, 1.54) is 0 Å². The number of para-hydroxylation sites is 1. The number of amides is 2. The van der Waals surface area contributed by atoms with Gasteiger partial charge in [0.15, 0.2) is 0 Å². The van der Waals surface area contributed by atoms with Crippen LogP contribution in [0.2, 0.25) is 0 Å². The van der Waals surface area contributed by atoms with Crippen LogP contribution in [0.4, 0.5) is 19.3 Å². The molecule has 1 aliphatic heterocycles. The van der Waals surface area contributed by atoms with Crippen LogP contribution in [0.3, 0.4) is 0 Å². The van der Waals surface area contributed by atoms with Crippen molar-refractivity contribution < 1.29 is 28.6 Å². The van der Waals surface area contributed by atoms with Gasteiger partial charge in [-0.15, -0.1) is 0 Å². The molecule has 2 atom stereocenters. The van der Waals surface area contributed by atoms with Crippen LogP contribution < -0.4 is 5.32 Å². The maximum atomic E-state index is 13.4. The van der Waals surface area contributed by atoms with Crippen LogP contribution >= 0.6 is 0 Å². The first-order chi connectivity index (χ1) is 9.40. The molecule has 0 aliphatic carbocycles. The zero-order valence-electron chi connectivity index (χ0n) is 10.2. The monoisotopic (exact) mass is 286 g/mol. The lowest BCUT2D eigenvalue weighted by Gasteiger charge is -2.21. The lowest BCUT2D eigenvalue weighted by atomic mass is 10.2. The van der Waals surface area contributed by atoms with E-state index in [0.29, 0.717) is 0 Å². The van der Waals surface area contributed by atoms with Crippen molar-refractivity contribution in [3.63, 3.8) is 0 Å². The van der Waals surface area contributed by atoms with Crippen molar-refractivity contribution in [2.75, 3.05) is 11.9 Å². The summed E-state index contributed by atoms with van der Waals surface area (Å²) in [4.78, 5) is 23.7. The number of nitrogens with zero attached hydrogens (tertiary/aromatic N) is 1. The van der Waals surface area contributed by atoms with Gasteiger partial charge in [-0.05, 0) is 12.1 Å². The van der Waals surface area contributed by atoms with Crippen molar-refractivity contribution in [1.29, 1.82) is 0 Å². The Hall–Kier alpha value is -2.22. The number of β-amino-alcohol motifs (C(OH)–C–C–N with tert-alkyl or cyclic N) is 1. The van der Waals surface area contributed by atoms with E-state index in [-0.39, 0.29) is 13.0 Å². The first kappa shape index (κ1) is 14.2. The molecule has 3 N–H and O–H groups in total. The van der Waals surface area contributed by atoms with Crippen molar-refractivity contribution >= 4 is 17.7 Å². The number of aliphatic hydroxyl groups is 1. The first-order valence-electron chi connectivity index (χ1n) is 5.82. The number of aliphatic carboxylic acids is 1. The summed E-state index contributed by atoms with van der Waals surface area (Å²) in [5.74, 6) is -3.22. The Morgan fingerprint density at radius 1 is 1.30 bits per heavy atom. The van der Waals surface area contributed by atoms with Crippen LogP contribution in [0.1, 0.15) is 6.42 Å². The molecule has 108 valence electrons. The fourth-order valence-electron chi connectivity index (χ4n) is 2.07. The van der Waals surface area contributed by atoms with E-state index < -0.39 is 41.5 Å². The number of carboxylic acid groups (broad SMARTS) is 1. The summed E-state index contributed by atoms with van der Waals surface area (Å²) >= 11 is 0. The summed E-state index contributed by atoms with van der Waals surface area (Å²) in [6.45, 7) is -0.209. The lowest BCUT2D eigenvalue weighted by molar-refractivity contribution is -0.141. The fourth-order valence-corrected chi connectivity index (χ4v) is 2.07. The number of anilines is 1. The summed E-state index contributed by atoms with van der Waals surface area (Å²) in [7, 11) is 0. The topological polar surface area (TPSA) is 89.9 Å². The van der Waals surface area contributed by atoms with Gasteiger partial charge in [0.05, 0.1) is 6.10 Å². The van der Waals surface area contributed by atoms with Crippen LogP contribution in [-0.2, 0) is 4.79 Å². The fraction of sp³-hybridized carbons (Fsp3) is 0.333. The van der Waals surface area contributed by atoms with Gasteiger partial charge in [0.2, 0.25) is 0 Å².